The van der Waals surface area contributed by atoms with E-state index in [1.165, 1.54) is 4.90 Å². The fraction of sp³-hybridized carbons (Fsp3) is 0.692. The summed E-state index contributed by atoms with van der Waals surface area (Å²) in [6, 6.07) is 5.64. The molecule has 3 amide bonds. The number of benzene rings is 1. The largest absolute Gasteiger partial charge is 0.497 e. The van der Waals surface area contributed by atoms with Crippen LogP contribution in [0.15, 0.2) is 18.2 Å². The number of hydrogen-bond acceptors (Lipinski definition) is 5. The van der Waals surface area contributed by atoms with Crippen molar-refractivity contribution in [3.8, 4) is 11.5 Å². The molecule has 1 aromatic rings. The van der Waals surface area contributed by atoms with E-state index in [4.69, 9.17) is 9.47 Å². The molecule has 1 aliphatic carbocycles. The summed E-state index contributed by atoms with van der Waals surface area (Å²) in [6.07, 6.45) is 6.51. The van der Waals surface area contributed by atoms with E-state index >= 15 is 0 Å². The first-order chi connectivity index (χ1) is 15.7. The molecule has 1 saturated carbocycles. The van der Waals surface area contributed by atoms with E-state index in [9.17, 15) is 9.59 Å². The Bertz CT molecular complexity index is 892. The van der Waals surface area contributed by atoms with Gasteiger partial charge in [-0.25, -0.2) is 9.69 Å². The number of amides is 3. The van der Waals surface area contributed by atoms with Gasteiger partial charge in [0.25, 0.3) is 5.91 Å². The Morgan fingerprint density at radius 3 is 2.48 bits per heavy atom. The highest BCUT2D eigenvalue weighted by atomic mass is 16.5. The lowest BCUT2D eigenvalue weighted by Gasteiger charge is -2.42. The lowest BCUT2D eigenvalue weighted by Crippen LogP contribution is -2.51. The van der Waals surface area contributed by atoms with Gasteiger partial charge >= 0.3 is 6.03 Å². The molecule has 0 unspecified atom stereocenters. The zero-order valence-corrected chi connectivity index (χ0v) is 20.8. The van der Waals surface area contributed by atoms with Gasteiger partial charge in [0.1, 0.15) is 17.0 Å². The average molecular weight is 458 g/mol. The number of nitrogens with zero attached hydrogens (tertiary/aromatic N) is 2. The van der Waals surface area contributed by atoms with Gasteiger partial charge in [-0.05, 0) is 68.1 Å². The fourth-order valence-corrected chi connectivity index (χ4v) is 5.95. The molecule has 1 atom stereocenters. The molecule has 2 heterocycles. The average Bonchev–Trinajstić information content (AvgIpc) is 3.37. The van der Waals surface area contributed by atoms with E-state index in [0.717, 1.165) is 68.6 Å². The van der Waals surface area contributed by atoms with Crippen molar-refractivity contribution in [1.29, 1.82) is 0 Å². The van der Waals surface area contributed by atoms with Crippen LogP contribution in [0, 0.1) is 11.3 Å². The van der Waals surface area contributed by atoms with Crippen LogP contribution >= 0.6 is 0 Å². The van der Waals surface area contributed by atoms with Crippen molar-refractivity contribution in [2.24, 2.45) is 11.3 Å². The van der Waals surface area contributed by atoms with Gasteiger partial charge in [-0.1, -0.05) is 27.2 Å². The molecule has 1 spiro atoms. The minimum Gasteiger partial charge on any atom is -0.497 e. The number of ether oxygens (including phenoxy) is 2. The molecule has 182 valence electrons. The van der Waals surface area contributed by atoms with Gasteiger partial charge in [0.05, 0.1) is 20.9 Å². The van der Waals surface area contributed by atoms with Crippen molar-refractivity contribution in [1.82, 2.24) is 15.1 Å². The van der Waals surface area contributed by atoms with Crippen molar-refractivity contribution in [3.63, 3.8) is 0 Å². The zero-order chi connectivity index (χ0) is 23.8. The first kappa shape index (κ1) is 23.9. The Morgan fingerprint density at radius 1 is 1.12 bits per heavy atom. The SMILES string of the molecule is CCC(C)(C)C1CCC2(CC1)NC(=O)N(CN1CCC[C@H]1c1cc(OC)ccc1OC)C2=O. The molecule has 1 N–H and O–H groups in total. The van der Waals surface area contributed by atoms with Crippen LogP contribution < -0.4 is 14.8 Å². The number of methoxy groups -OCH3 is 2. The number of urea groups is 1. The Labute approximate surface area is 197 Å². The second kappa shape index (κ2) is 9.16. The summed E-state index contributed by atoms with van der Waals surface area (Å²) in [5, 5.41) is 3.09. The van der Waals surface area contributed by atoms with Crippen molar-refractivity contribution in [3.05, 3.63) is 23.8 Å². The van der Waals surface area contributed by atoms with Gasteiger partial charge in [0.2, 0.25) is 0 Å². The monoisotopic (exact) mass is 457 g/mol. The van der Waals surface area contributed by atoms with Gasteiger partial charge in [-0.2, -0.15) is 0 Å². The van der Waals surface area contributed by atoms with Gasteiger partial charge in [-0.3, -0.25) is 9.69 Å². The van der Waals surface area contributed by atoms with E-state index in [1.54, 1.807) is 14.2 Å². The Hall–Kier alpha value is -2.28. The maximum absolute atomic E-state index is 13.5. The first-order valence-corrected chi connectivity index (χ1v) is 12.3. The molecule has 0 radical (unpaired) electrons. The van der Waals surface area contributed by atoms with Crippen LogP contribution in [0.3, 0.4) is 0 Å². The van der Waals surface area contributed by atoms with E-state index < -0.39 is 5.54 Å². The van der Waals surface area contributed by atoms with Crippen molar-refractivity contribution in [2.45, 2.75) is 77.3 Å². The molecule has 3 fully saturated rings. The van der Waals surface area contributed by atoms with Crippen LogP contribution in [-0.4, -0.2) is 54.7 Å². The number of likely N-dealkylation sites (tertiary alicyclic amines) is 1. The van der Waals surface area contributed by atoms with E-state index in [0.29, 0.717) is 12.6 Å². The highest BCUT2D eigenvalue weighted by Gasteiger charge is 2.54. The lowest BCUT2D eigenvalue weighted by molar-refractivity contribution is -0.134. The minimum atomic E-state index is -0.722. The van der Waals surface area contributed by atoms with Crippen LogP contribution in [0.4, 0.5) is 4.79 Å². The lowest BCUT2D eigenvalue weighted by atomic mass is 9.65. The predicted molar refractivity (Wildman–Crippen MR) is 127 cm³/mol. The van der Waals surface area contributed by atoms with Gasteiger partial charge in [0.15, 0.2) is 0 Å². The second-order valence-corrected chi connectivity index (χ2v) is 10.6. The number of carbonyl (C=O) groups is 2. The van der Waals surface area contributed by atoms with Crippen LogP contribution in [0.1, 0.15) is 77.3 Å². The molecular formula is C26H39N3O4. The van der Waals surface area contributed by atoms with E-state index in [2.05, 4.69) is 31.0 Å². The Kier molecular flexibility index (Phi) is 6.63. The molecule has 4 rings (SSSR count). The summed E-state index contributed by atoms with van der Waals surface area (Å²) in [6.45, 7) is 8.01. The minimum absolute atomic E-state index is 0.0523. The summed E-state index contributed by atoms with van der Waals surface area (Å²) >= 11 is 0. The highest BCUT2D eigenvalue weighted by molar-refractivity contribution is 6.07. The number of nitrogens with one attached hydrogen (secondary N) is 1. The standard InChI is InChI=1S/C26H39N3O4/c1-6-25(2,3)18-11-13-26(14-12-18)23(30)29(24(31)27-26)17-28-15-7-8-21(28)20-16-19(32-4)9-10-22(20)33-5/h9-10,16,18,21H,6-8,11-15,17H2,1-5H3,(H,27,31)/t18?,21-,26?/m0/s1. The highest BCUT2D eigenvalue weighted by Crippen LogP contribution is 2.45. The third-order valence-electron chi connectivity index (χ3n) is 8.58. The number of imide groups is 1. The van der Waals surface area contributed by atoms with Crippen LogP contribution in [-0.2, 0) is 4.79 Å². The van der Waals surface area contributed by atoms with Crippen LogP contribution in [0.25, 0.3) is 0 Å². The van der Waals surface area contributed by atoms with Crippen LogP contribution in [0.5, 0.6) is 11.5 Å². The molecule has 7 nitrogen and oxygen atoms in total. The van der Waals surface area contributed by atoms with Crippen molar-refractivity contribution in [2.75, 3.05) is 27.4 Å². The quantitative estimate of drug-likeness (QED) is 0.600. The summed E-state index contributed by atoms with van der Waals surface area (Å²) < 4.78 is 11.0. The molecule has 0 aromatic heterocycles. The summed E-state index contributed by atoms with van der Waals surface area (Å²) in [5.41, 5.74) is 0.588. The molecular weight excluding hydrogens is 418 g/mol. The second-order valence-electron chi connectivity index (χ2n) is 10.6. The smallest absolute Gasteiger partial charge is 0.326 e. The topological polar surface area (TPSA) is 71.1 Å². The molecule has 2 aliphatic heterocycles. The van der Waals surface area contributed by atoms with Crippen molar-refractivity contribution < 1.29 is 19.1 Å². The third kappa shape index (κ3) is 4.32. The molecule has 3 aliphatic rings. The summed E-state index contributed by atoms with van der Waals surface area (Å²) in [7, 11) is 3.32. The van der Waals surface area contributed by atoms with Crippen LogP contribution in [0.2, 0.25) is 0 Å². The third-order valence-corrected chi connectivity index (χ3v) is 8.58. The number of hydrogen-bond donors (Lipinski definition) is 1. The molecule has 33 heavy (non-hydrogen) atoms. The maximum Gasteiger partial charge on any atom is 0.326 e. The normalized spacial score (nSPS) is 28.5. The van der Waals surface area contributed by atoms with Gasteiger partial charge < -0.3 is 14.8 Å². The number of rotatable bonds is 7. The predicted octanol–water partition coefficient (Wildman–Crippen LogP) is 4.72. The van der Waals surface area contributed by atoms with Crippen molar-refractivity contribution >= 4 is 11.9 Å². The molecule has 2 saturated heterocycles. The van der Waals surface area contributed by atoms with Gasteiger partial charge in [0, 0.05) is 18.2 Å². The zero-order valence-electron chi connectivity index (χ0n) is 20.8. The molecule has 7 heteroatoms. The Balaban J connectivity index is 1.48. The first-order valence-electron chi connectivity index (χ1n) is 12.3. The molecule has 1 aromatic carbocycles. The Morgan fingerprint density at radius 2 is 1.85 bits per heavy atom. The van der Waals surface area contributed by atoms with Gasteiger partial charge in [-0.15, -0.1) is 0 Å². The summed E-state index contributed by atoms with van der Waals surface area (Å²) in [5.74, 6) is 2.12. The van der Waals surface area contributed by atoms with E-state index in [1.807, 2.05) is 18.2 Å². The maximum atomic E-state index is 13.5. The fourth-order valence-electron chi connectivity index (χ4n) is 5.95. The summed E-state index contributed by atoms with van der Waals surface area (Å²) in [4.78, 5) is 30.2. The van der Waals surface area contributed by atoms with E-state index in [-0.39, 0.29) is 23.4 Å². The number of carbonyl (C=O) groups excluding carboxylic acids is 2. The molecule has 0 bridgehead atoms.